The first-order valence-corrected chi connectivity index (χ1v) is 41.0. The fourth-order valence-corrected chi connectivity index (χ4v) is 11.8. The number of guanidine groups is 1. The second-order valence-corrected chi connectivity index (χ2v) is 30.6. The number of carboxylic acids is 2. The molecule has 116 heavy (non-hydrogen) atoms. The number of thiol groups is 1. The van der Waals surface area contributed by atoms with Crippen molar-refractivity contribution in [2.75, 3.05) is 49.5 Å². The van der Waals surface area contributed by atoms with Gasteiger partial charge in [0.15, 0.2) is 5.96 Å². The highest BCUT2D eigenvalue weighted by Crippen LogP contribution is 2.15. The first kappa shape index (κ1) is 107. The number of amides is 16. The Morgan fingerprint density at radius 2 is 0.767 bits per heavy atom. The lowest BCUT2D eigenvalue weighted by molar-refractivity contribution is -0.144. The molecule has 16 amide bonds. The molecular formula is C69H123N21O23S3. The lowest BCUT2D eigenvalue weighted by Gasteiger charge is -2.29. The Balaban J connectivity index is 7.05. The summed E-state index contributed by atoms with van der Waals surface area (Å²) < 4.78 is 0. The minimum absolute atomic E-state index is 0.0883. The van der Waals surface area contributed by atoms with Crippen molar-refractivity contribution in [1.29, 1.82) is 0 Å². The SMILES string of the molecule is CC[C@H](C)[C@H](NC(=O)[C@@H](NC(=O)[C@H](CCC(N)=O)NC(=O)[C@H](CCSC)NC(=O)[C@H](CCCCN)NC(=O)[C@@H](NC(=O)[C@H](C)NC(=O)[C@H](CCCN=C(N)N)NC(=O)[C@@H](NC(=O)[C@H](CC(N)=O)NC(=O)[C@H](CCC(=O)O)NC(=O)[C@H](CCSC)NC(=O)[C@H](CO)NC(=O)[C@H](CS)NC(=O)[C@@H](N)C(C)C)[C@@H](C)O)[C@@H](C)O)C(C)C)C(=O)O. The second-order valence-electron chi connectivity index (χ2n) is 28.2. The first-order chi connectivity index (χ1) is 54.3. The number of carbonyl (C=O) groups excluding carboxylic acids is 16. The van der Waals surface area contributed by atoms with Gasteiger partial charge in [-0.25, -0.2) is 4.79 Å². The normalized spacial score (nSPS) is 15.9. The van der Waals surface area contributed by atoms with E-state index in [1.807, 2.05) is 0 Å². The van der Waals surface area contributed by atoms with Crippen LogP contribution in [0.25, 0.3) is 0 Å². The zero-order chi connectivity index (χ0) is 89.0. The van der Waals surface area contributed by atoms with Gasteiger partial charge in [0.05, 0.1) is 31.3 Å². The largest absolute Gasteiger partial charge is 0.481 e. The molecule has 0 aromatic rings. The van der Waals surface area contributed by atoms with Gasteiger partial charge >= 0.3 is 11.9 Å². The third-order valence-corrected chi connectivity index (χ3v) is 19.5. The first-order valence-electron chi connectivity index (χ1n) is 37.6. The number of rotatable bonds is 59. The third-order valence-electron chi connectivity index (χ3n) is 17.8. The molecule has 0 rings (SSSR count). The standard InChI is InChI=1S/C69H123N21O23S3/c1-12-33(6)51(68(112)113)88-65(109)50(32(4)5)87-60(104)39(18-20-46(71)94)78-58(102)41(22-26-115-10)80-56(100)37(16-13-14-24-70)82-66(110)52(35(8)92)89-54(98)34(7)77-55(99)38(17-15-25-76-69(74)75)83-67(111)53(36(9)93)90-61(105)43(28-47(72)95)84-57(101)40(19-21-48(96)97)79-59(103)42(23-27-116-11)81-62(106)44(29-91)85-63(107)45(30-114)86-64(108)49(73)31(2)3/h31-45,49-53,91-93,114H,12-30,70,73H2,1-11H3,(H2,71,94)(H2,72,95)(H,77,99)(H,78,102)(H,79,103)(H,80,100)(H,81,106)(H,82,110)(H,83,111)(H,84,101)(H,85,107)(H,86,108)(H,87,104)(H,88,109)(H,89,98)(H,90,105)(H,96,97)(H,112,113)(H4,74,75,76)/t33-,34-,35+,36+,37-,38-,39-,40-,41-,42-,43-,44-,45-,49-,50-,51-,52-,53-/m0/s1. The highest BCUT2D eigenvalue weighted by Gasteiger charge is 2.40. The Morgan fingerprint density at radius 1 is 0.405 bits per heavy atom. The average Bonchev–Trinajstić information content (AvgIpc) is 0.865. The van der Waals surface area contributed by atoms with Gasteiger partial charge in [-0.05, 0) is 127 Å². The smallest absolute Gasteiger partial charge is 0.326 e. The number of aliphatic carboxylic acids is 2. The number of nitrogens with zero attached hydrogens (tertiary/aromatic N) is 1. The van der Waals surface area contributed by atoms with E-state index in [0.717, 1.165) is 20.8 Å². The van der Waals surface area contributed by atoms with Gasteiger partial charge in [-0.3, -0.25) is 86.5 Å². The molecule has 44 nitrogen and oxygen atoms in total. The molecule has 660 valence electrons. The summed E-state index contributed by atoms with van der Waals surface area (Å²) in [5, 5.41) is 84.8. The monoisotopic (exact) mass is 1710 g/mol. The fraction of sp³-hybridized carbons (Fsp3) is 0.725. The number of carboxylic acid groups (broad SMARTS) is 2. The number of aliphatic hydroxyl groups is 3. The molecule has 47 heteroatoms. The molecular weight excluding hydrogens is 1590 g/mol. The van der Waals surface area contributed by atoms with Crippen molar-refractivity contribution in [1.82, 2.24) is 74.4 Å². The number of unbranched alkanes of at least 4 members (excludes halogenated alkanes) is 1. The molecule has 0 aromatic heterocycles. The van der Waals surface area contributed by atoms with Crippen molar-refractivity contribution in [3.63, 3.8) is 0 Å². The van der Waals surface area contributed by atoms with E-state index in [9.17, 15) is 112 Å². The summed E-state index contributed by atoms with van der Waals surface area (Å²) in [4.78, 5) is 247. The Labute approximate surface area is 686 Å². The van der Waals surface area contributed by atoms with Gasteiger partial charge in [0.2, 0.25) is 94.5 Å². The number of aliphatic imine (C=N–C) groups is 1. The van der Waals surface area contributed by atoms with E-state index in [-0.39, 0.29) is 80.8 Å². The highest BCUT2D eigenvalue weighted by molar-refractivity contribution is 7.98. The van der Waals surface area contributed by atoms with Crippen molar-refractivity contribution < 1.29 is 112 Å². The highest BCUT2D eigenvalue weighted by atomic mass is 32.2. The molecule has 0 bridgehead atoms. The molecule has 18 atom stereocenters. The van der Waals surface area contributed by atoms with Crippen LogP contribution in [0.2, 0.25) is 0 Å². The molecule has 0 aliphatic rings. The van der Waals surface area contributed by atoms with Crippen LogP contribution in [0.15, 0.2) is 4.99 Å². The van der Waals surface area contributed by atoms with Crippen LogP contribution >= 0.6 is 36.2 Å². The van der Waals surface area contributed by atoms with E-state index >= 15 is 0 Å². The van der Waals surface area contributed by atoms with Crippen molar-refractivity contribution in [3.05, 3.63) is 0 Å². The quantitative estimate of drug-likeness (QED) is 0.0116. The number of hydrogen-bond acceptors (Lipinski definition) is 27. The van der Waals surface area contributed by atoms with Crippen molar-refractivity contribution in [2.24, 2.45) is 57.1 Å². The maximum atomic E-state index is 14.3. The molecule has 0 aliphatic carbocycles. The van der Waals surface area contributed by atoms with E-state index in [2.05, 4.69) is 92.1 Å². The third kappa shape index (κ3) is 40.4. The van der Waals surface area contributed by atoms with Crippen molar-refractivity contribution >= 4 is 149 Å². The minimum atomic E-state index is -2.08. The molecule has 0 saturated heterocycles. The van der Waals surface area contributed by atoms with E-state index in [4.69, 9.17) is 34.4 Å². The van der Waals surface area contributed by atoms with Gasteiger partial charge in [-0.1, -0.05) is 48.0 Å². The van der Waals surface area contributed by atoms with Gasteiger partial charge in [0.25, 0.3) is 0 Å². The second kappa shape index (κ2) is 56.0. The fourth-order valence-electron chi connectivity index (χ4n) is 10.6. The van der Waals surface area contributed by atoms with Crippen LogP contribution < -0.4 is 109 Å². The predicted octanol–water partition coefficient (Wildman–Crippen LogP) is -9.06. The topological polar surface area (TPSA) is 745 Å². The summed E-state index contributed by atoms with van der Waals surface area (Å²) >= 11 is 6.55. The van der Waals surface area contributed by atoms with E-state index in [0.29, 0.717) is 12.8 Å². The molecule has 0 fully saturated rings. The van der Waals surface area contributed by atoms with Gasteiger partial charge in [-0.2, -0.15) is 36.2 Å². The molecule has 0 unspecified atom stereocenters. The summed E-state index contributed by atoms with van der Waals surface area (Å²) in [7, 11) is 0. The Bertz CT molecular complexity index is 3340. The number of primary amides is 2. The molecule has 0 spiro atoms. The molecule has 0 saturated carbocycles. The van der Waals surface area contributed by atoms with Crippen LogP contribution in [-0.2, 0) is 86.3 Å². The van der Waals surface area contributed by atoms with Gasteiger partial charge in [-0.15, -0.1) is 0 Å². The summed E-state index contributed by atoms with van der Waals surface area (Å²) in [6, 6.07) is -24.2. The van der Waals surface area contributed by atoms with Gasteiger partial charge < -0.3 is 134 Å². The average molecular weight is 1710 g/mol. The van der Waals surface area contributed by atoms with E-state index < -0.39 is 260 Å². The van der Waals surface area contributed by atoms with Crippen LogP contribution in [0, 0.1) is 17.8 Å². The van der Waals surface area contributed by atoms with Crippen molar-refractivity contribution in [3.8, 4) is 0 Å². The van der Waals surface area contributed by atoms with Crippen LogP contribution in [0.4, 0.5) is 0 Å². The van der Waals surface area contributed by atoms with Crippen LogP contribution in [0.3, 0.4) is 0 Å². The van der Waals surface area contributed by atoms with Crippen molar-refractivity contribution in [2.45, 2.75) is 249 Å². The molecule has 0 aliphatic heterocycles. The number of nitrogens with one attached hydrogen (secondary N) is 14. The number of thioether (sulfide) groups is 2. The van der Waals surface area contributed by atoms with Gasteiger partial charge in [0, 0.05) is 25.1 Å². The molecule has 0 aromatic carbocycles. The lowest BCUT2D eigenvalue weighted by Crippen LogP contribution is -2.62. The molecule has 31 N–H and O–H groups in total. The number of carbonyl (C=O) groups is 18. The predicted molar refractivity (Wildman–Crippen MR) is 430 cm³/mol. The Kier molecular flexibility index (Phi) is 51.5. The van der Waals surface area contributed by atoms with E-state index in [1.165, 1.54) is 23.5 Å². The maximum absolute atomic E-state index is 14.3. The van der Waals surface area contributed by atoms with Crippen LogP contribution in [0.5, 0.6) is 0 Å². The van der Waals surface area contributed by atoms with E-state index in [1.54, 1.807) is 54.1 Å². The zero-order valence-corrected chi connectivity index (χ0v) is 69.8. The molecule has 0 radical (unpaired) electrons. The number of aliphatic hydroxyl groups excluding tert-OH is 3. The summed E-state index contributed by atoms with van der Waals surface area (Å²) in [6.45, 7) is 11.9. The molecule has 0 heterocycles. The number of hydrogen-bond donors (Lipinski definition) is 26. The Morgan fingerprint density at radius 3 is 1.16 bits per heavy atom. The summed E-state index contributed by atoms with van der Waals surface area (Å²) in [5.74, 6) is -21.9. The van der Waals surface area contributed by atoms with Gasteiger partial charge in [0.1, 0.15) is 84.6 Å². The van der Waals surface area contributed by atoms with Crippen LogP contribution in [0.1, 0.15) is 146 Å². The zero-order valence-electron chi connectivity index (χ0n) is 67.2. The van der Waals surface area contributed by atoms with Crippen LogP contribution in [-0.4, -0.2) is 290 Å². The lowest BCUT2D eigenvalue weighted by atomic mass is 9.97. The Hall–Kier alpha value is -9.42. The summed E-state index contributed by atoms with van der Waals surface area (Å²) in [5.41, 5.74) is 33.5. The number of nitrogens with two attached hydrogens (primary N) is 6. The minimum Gasteiger partial charge on any atom is -0.481 e. The maximum Gasteiger partial charge on any atom is 0.326 e. The summed E-state index contributed by atoms with van der Waals surface area (Å²) in [6.07, 6.45) is -3.71.